The second-order valence-electron chi connectivity index (χ2n) is 13.4. The molecular formula is C39H43Cl2N5O5. The van der Waals surface area contributed by atoms with Gasteiger partial charge in [-0.3, -0.25) is 10.2 Å². The molecule has 3 N–H and O–H groups in total. The van der Waals surface area contributed by atoms with Gasteiger partial charge in [0.1, 0.15) is 23.6 Å². The van der Waals surface area contributed by atoms with E-state index >= 15 is 0 Å². The van der Waals surface area contributed by atoms with Gasteiger partial charge < -0.3 is 29.4 Å². The molecule has 0 bridgehead atoms. The molecule has 4 atom stereocenters. The number of nitrogens with one attached hydrogen (secondary N) is 2. The molecule has 0 amide bonds. The minimum Gasteiger partial charge on any atom is -0.481 e. The van der Waals surface area contributed by atoms with Crippen LogP contribution in [0.4, 0.5) is 0 Å². The van der Waals surface area contributed by atoms with Crippen molar-refractivity contribution in [2.24, 2.45) is 0 Å². The van der Waals surface area contributed by atoms with E-state index in [1.807, 2.05) is 42.5 Å². The summed E-state index contributed by atoms with van der Waals surface area (Å²) >= 11 is 13.9. The molecule has 4 heterocycles. The molecular weight excluding hydrogens is 689 g/mol. The molecule has 7 rings (SSSR count). The molecule has 2 aromatic heterocycles. The molecule has 4 aromatic rings. The van der Waals surface area contributed by atoms with E-state index in [4.69, 9.17) is 42.4 Å². The van der Waals surface area contributed by atoms with Crippen LogP contribution in [0.5, 0.6) is 17.6 Å². The number of likely N-dealkylation sites (tertiary alicyclic amines) is 1. The molecule has 0 spiro atoms. The first-order valence-corrected chi connectivity index (χ1v) is 18.3. The third-order valence-electron chi connectivity index (χ3n) is 10.2. The Bertz CT molecular complexity index is 1890. The third-order valence-corrected chi connectivity index (χ3v) is 10.9. The first kappa shape index (κ1) is 35.6. The number of fused-ring (bicyclic) bond motifs is 1. The zero-order valence-corrected chi connectivity index (χ0v) is 30.3. The number of aliphatic hydroxyl groups excluding tert-OH is 1. The van der Waals surface area contributed by atoms with Crippen LogP contribution in [0, 0.1) is 0 Å². The number of aliphatic hydroxyl groups is 1. The van der Waals surface area contributed by atoms with Crippen molar-refractivity contribution in [2.75, 3.05) is 27.3 Å². The summed E-state index contributed by atoms with van der Waals surface area (Å²) in [7, 11) is 3.21. The Morgan fingerprint density at radius 2 is 1.73 bits per heavy atom. The Hall–Kier alpha value is -3.77. The Balaban J connectivity index is 1.09. The van der Waals surface area contributed by atoms with Crippen LogP contribution in [-0.4, -0.2) is 71.9 Å². The molecule has 268 valence electrons. The van der Waals surface area contributed by atoms with Crippen molar-refractivity contribution in [1.29, 1.82) is 0 Å². The zero-order valence-electron chi connectivity index (χ0n) is 28.8. The first-order chi connectivity index (χ1) is 24.9. The number of nitrogens with zero attached hydrogens (tertiary/aromatic N) is 3. The molecule has 1 aliphatic carbocycles. The first-order valence-electron chi connectivity index (χ1n) is 17.6. The van der Waals surface area contributed by atoms with Gasteiger partial charge in [-0.1, -0.05) is 65.7 Å². The number of carbonyl (C=O) groups is 1. The summed E-state index contributed by atoms with van der Waals surface area (Å²) in [5.74, 6) is 1.30. The fourth-order valence-corrected chi connectivity index (χ4v) is 8.16. The predicted octanol–water partition coefficient (Wildman–Crippen LogP) is 6.52. The van der Waals surface area contributed by atoms with E-state index in [-0.39, 0.29) is 18.2 Å². The molecule has 2 fully saturated rings. The standard InChI is InChI=1S/C39H43Cl2N5O5/c1-49-37-23(19-42-20-25-12-16-35(48)43-25)11-14-33(44-37)31-10-4-9-30(36(31)41)27-7-3-8-29-28(27)13-15-34(29)51-39-32(40)18-24(38(45-39)50-2)21-46-17-5-6-26(46)22-47/h3-4,7-11,14,18,22,25-26,34-35,42-43,48H,5-6,12-13,15-17,19-21H2,1-2H3/t25-,26-,34-,35?/m0/s1. The van der Waals surface area contributed by atoms with E-state index in [2.05, 4.69) is 32.7 Å². The number of halogens is 2. The number of pyridine rings is 2. The smallest absolute Gasteiger partial charge is 0.236 e. The van der Waals surface area contributed by atoms with Crippen molar-refractivity contribution >= 4 is 29.5 Å². The number of carbonyl (C=O) groups excluding carboxylic acids is 1. The number of aldehydes is 1. The summed E-state index contributed by atoms with van der Waals surface area (Å²) in [4.78, 5) is 23.2. The fraction of sp³-hybridized carbons (Fsp3) is 0.410. The Morgan fingerprint density at radius 1 is 0.941 bits per heavy atom. The highest BCUT2D eigenvalue weighted by molar-refractivity contribution is 6.36. The maximum atomic E-state index is 11.5. The lowest BCUT2D eigenvalue weighted by molar-refractivity contribution is -0.111. The molecule has 0 saturated carbocycles. The molecule has 2 saturated heterocycles. The Labute approximate surface area is 308 Å². The lowest BCUT2D eigenvalue weighted by Gasteiger charge is -2.22. The van der Waals surface area contributed by atoms with Crippen LogP contribution in [0.3, 0.4) is 0 Å². The highest BCUT2D eigenvalue weighted by Crippen LogP contribution is 2.45. The van der Waals surface area contributed by atoms with Crippen molar-refractivity contribution in [2.45, 2.75) is 76.0 Å². The Morgan fingerprint density at radius 3 is 2.51 bits per heavy atom. The third kappa shape index (κ3) is 7.58. The normalized spacial score (nSPS) is 21.5. The maximum Gasteiger partial charge on any atom is 0.236 e. The van der Waals surface area contributed by atoms with E-state index in [0.717, 1.165) is 97.0 Å². The van der Waals surface area contributed by atoms with Crippen LogP contribution in [0.25, 0.3) is 22.4 Å². The number of aromatic nitrogens is 2. The second-order valence-corrected chi connectivity index (χ2v) is 14.2. The summed E-state index contributed by atoms with van der Waals surface area (Å²) in [6.07, 6.45) is 5.45. The van der Waals surface area contributed by atoms with Crippen LogP contribution >= 0.6 is 23.2 Å². The van der Waals surface area contributed by atoms with Crippen LogP contribution in [-0.2, 0) is 24.3 Å². The Kier molecular flexibility index (Phi) is 11.1. The quantitative estimate of drug-likeness (QED) is 0.131. The van der Waals surface area contributed by atoms with E-state index in [9.17, 15) is 9.90 Å². The van der Waals surface area contributed by atoms with Crippen molar-refractivity contribution in [3.63, 3.8) is 0 Å². The van der Waals surface area contributed by atoms with Gasteiger partial charge in [-0.15, -0.1) is 0 Å². The van der Waals surface area contributed by atoms with Crippen LogP contribution in [0.2, 0.25) is 10.0 Å². The minimum atomic E-state index is -0.423. The number of benzene rings is 2. The SMILES string of the molecule is COc1nc(-c2cccc(-c3cccc4c3CC[C@@H]4Oc3nc(OC)c(CN4CCC[C@H]4C=O)cc3Cl)c2Cl)ccc1CNC[C@@H]1CCC(O)N1. The van der Waals surface area contributed by atoms with Gasteiger partial charge >= 0.3 is 0 Å². The molecule has 2 aromatic carbocycles. The topological polar surface area (TPSA) is 118 Å². The average Bonchev–Trinajstić information content (AvgIpc) is 3.89. The van der Waals surface area contributed by atoms with Crippen LogP contribution in [0.15, 0.2) is 54.6 Å². The van der Waals surface area contributed by atoms with Gasteiger partial charge in [-0.2, -0.15) is 4.98 Å². The maximum absolute atomic E-state index is 11.5. The van der Waals surface area contributed by atoms with Gasteiger partial charge in [0.15, 0.2) is 0 Å². The van der Waals surface area contributed by atoms with Crippen molar-refractivity contribution in [1.82, 2.24) is 25.5 Å². The number of ether oxygens (including phenoxy) is 3. The summed E-state index contributed by atoms with van der Waals surface area (Å²) in [6.45, 7) is 2.71. The lowest BCUT2D eigenvalue weighted by atomic mass is 9.94. The lowest BCUT2D eigenvalue weighted by Crippen LogP contribution is -2.37. The average molecular weight is 733 g/mol. The molecule has 0 radical (unpaired) electrons. The highest BCUT2D eigenvalue weighted by atomic mass is 35.5. The summed E-state index contributed by atoms with van der Waals surface area (Å²) in [6, 6.07) is 18.2. The summed E-state index contributed by atoms with van der Waals surface area (Å²) < 4.78 is 17.8. The van der Waals surface area contributed by atoms with Gasteiger partial charge in [0.2, 0.25) is 17.6 Å². The molecule has 12 heteroatoms. The van der Waals surface area contributed by atoms with E-state index in [1.165, 1.54) is 5.56 Å². The second kappa shape index (κ2) is 15.9. The molecule has 51 heavy (non-hydrogen) atoms. The fourth-order valence-electron chi connectivity index (χ4n) is 7.62. The molecule has 3 aliphatic rings. The van der Waals surface area contributed by atoms with E-state index in [1.54, 1.807) is 14.2 Å². The molecule has 1 unspecified atom stereocenters. The summed E-state index contributed by atoms with van der Waals surface area (Å²) in [5, 5.41) is 17.4. The molecule has 10 nitrogen and oxygen atoms in total. The predicted molar refractivity (Wildman–Crippen MR) is 198 cm³/mol. The zero-order chi connectivity index (χ0) is 35.5. The van der Waals surface area contributed by atoms with Crippen molar-refractivity contribution in [3.05, 3.63) is 86.9 Å². The van der Waals surface area contributed by atoms with Gasteiger partial charge in [-0.25, -0.2) is 4.98 Å². The van der Waals surface area contributed by atoms with Gasteiger partial charge in [0.05, 0.1) is 31.0 Å². The number of rotatable bonds is 13. The monoisotopic (exact) mass is 731 g/mol. The van der Waals surface area contributed by atoms with E-state index < -0.39 is 6.23 Å². The summed E-state index contributed by atoms with van der Waals surface area (Å²) in [5.41, 5.74) is 7.51. The number of methoxy groups -OCH3 is 2. The number of hydrogen-bond donors (Lipinski definition) is 3. The van der Waals surface area contributed by atoms with Gasteiger partial charge in [0, 0.05) is 47.9 Å². The van der Waals surface area contributed by atoms with Crippen LogP contribution < -0.4 is 24.8 Å². The number of hydrogen-bond acceptors (Lipinski definition) is 10. The van der Waals surface area contributed by atoms with Crippen molar-refractivity contribution < 1.29 is 24.1 Å². The van der Waals surface area contributed by atoms with Gasteiger partial charge in [-0.05, 0) is 73.9 Å². The minimum absolute atomic E-state index is 0.100. The van der Waals surface area contributed by atoms with Crippen LogP contribution in [0.1, 0.15) is 60.5 Å². The molecule has 2 aliphatic heterocycles. The van der Waals surface area contributed by atoms with Gasteiger partial charge in [0.25, 0.3) is 0 Å². The highest BCUT2D eigenvalue weighted by Gasteiger charge is 2.30. The van der Waals surface area contributed by atoms with Crippen molar-refractivity contribution in [3.8, 4) is 40.0 Å². The van der Waals surface area contributed by atoms with E-state index in [0.29, 0.717) is 40.8 Å². The largest absolute Gasteiger partial charge is 0.481 e.